The molecule has 0 aromatic rings. The minimum absolute atomic E-state index is 0.0602. The first-order valence-electron chi connectivity index (χ1n) is 6.98. The number of ether oxygens (including phenoxy) is 4. The van der Waals surface area contributed by atoms with Crippen LogP contribution >= 0.6 is 15.9 Å². The molecule has 124 valence electrons. The molecule has 6 nitrogen and oxygen atoms in total. The average molecular weight is 369 g/mol. The molecule has 0 aliphatic rings. The molecule has 0 aliphatic carbocycles. The molecule has 0 aromatic heterocycles. The molecule has 0 N–H and O–H groups in total. The molecular weight excluding hydrogens is 344 g/mol. The zero-order valence-corrected chi connectivity index (χ0v) is 14.7. The highest BCUT2D eigenvalue weighted by atomic mass is 79.9. The van der Waals surface area contributed by atoms with Crippen molar-refractivity contribution in [2.45, 2.75) is 39.4 Å². The number of carbonyl (C=O) groups is 2. The quantitative estimate of drug-likeness (QED) is 0.241. The number of carbonyl (C=O) groups excluding carboxylic acids is 2. The Labute approximate surface area is 134 Å². The zero-order chi connectivity index (χ0) is 16.3. The molecule has 0 fully saturated rings. The van der Waals surface area contributed by atoms with Crippen LogP contribution in [0.15, 0.2) is 0 Å². The van der Waals surface area contributed by atoms with E-state index in [1.54, 1.807) is 13.8 Å². The van der Waals surface area contributed by atoms with Crippen LogP contribution in [0.4, 0.5) is 0 Å². The fourth-order valence-electron chi connectivity index (χ4n) is 2.01. The SMILES string of the molecule is CCOC(=O)C(CCCBr)(CC(OC)OC)C(=O)OCC. The van der Waals surface area contributed by atoms with Crippen LogP contribution in [-0.2, 0) is 28.5 Å². The standard InChI is InChI=1S/C14H25BrO6/c1-5-20-12(16)14(8-7-9-15,13(17)21-6-2)10-11(18-3)19-4/h11H,5-10H2,1-4H3. The number of methoxy groups -OCH3 is 2. The van der Waals surface area contributed by atoms with Gasteiger partial charge >= 0.3 is 11.9 Å². The molecule has 0 saturated heterocycles. The molecule has 0 atom stereocenters. The summed E-state index contributed by atoms with van der Waals surface area (Å²) in [5, 5.41) is 0.665. The zero-order valence-electron chi connectivity index (χ0n) is 13.1. The van der Waals surface area contributed by atoms with Gasteiger partial charge in [0, 0.05) is 26.0 Å². The summed E-state index contributed by atoms with van der Waals surface area (Å²) in [5.41, 5.74) is -1.41. The van der Waals surface area contributed by atoms with Crippen LogP contribution in [0.5, 0.6) is 0 Å². The summed E-state index contributed by atoms with van der Waals surface area (Å²) in [7, 11) is 2.92. The first-order valence-corrected chi connectivity index (χ1v) is 8.10. The fraction of sp³-hybridized carbons (Fsp3) is 0.857. The van der Waals surface area contributed by atoms with Gasteiger partial charge in [-0.1, -0.05) is 15.9 Å². The van der Waals surface area contributed by atoms with Crippen LogP contribution in [0.3, 0.4) is 0 Å². The third-order valence-corrected chi connectivity index (χ3v) is 3.67. The maximum absolute atomic E-state index is 12.4. The smallest absolute Gasteiger partial charge is 0.323 e. The van der Waals surface area contributed by atoms with Crippen LogP contribution in [0, 0.1) is 5.41 Å². The van der Waals surface area contributed by atoms with Crippen LogP contribution < -0.4 is 0 Å². The lowest BCUT2D eigenvalue weighted by Gasteiger charge is -2.31. The Kier molecular flexibility index (Phi) is 10.6. The molecule has 7 heteroatoms. The first kappa shape index (κ1) is 20.3. The van der Waals surface area contributed by atoms with Gasteiger partial charge in [0.2, 0.25) is 0 Å². The van der Waals surface area contributed by atoms with E-state index in [1.807, 2.05) is 0 Å². The predicted molar refractivity (Wildman–Crippen MR) is 81.2 cm³/mol. The molecule has 0 heterocycles. The van der Waals surface area contributed by atoms with Gasteiger partial charge in [-0.3, -0.25) is 9.59 Å². The average Bonchev–Trinajstić information content (AvgIpc) is 2.48. The van der Waals surface area contributed by atoms with Crippen LogP contribution in [-0.4, -0.2) is 51.0 Å². The van der Waals surface area contributed by atoms with E-state index in [0.717, 1.165) is 0 Å². The van der Waals surface area contributed by atoms with Crippen LogP contribution in [0.25, 0.3) is 0 Å². The minimum Gasteiger partial charge on any atom is -0.465 e. The van der Waals surface area contributed by atoms with Crippen molar-refractivity contribution < 1.29 is 28.5 Å². The summed E-state index contributed by atoms with van der Waals surface area (Å²) in [5.74, 6) is -1.19. The highest BCUT2D eigenvalue weighted by Crippen LogP contribution is 2.34. The summed E-state index contributed by atoms with van der Waals surface area (Å²) >= 11 is 3.31. The van der Waals surface area contributed by atoms with Crippen molar-refractivity contribution in [2.75, 3.05) is 32.8 Å². The predicted octanol–water partition coefficient (Wildman–Crippen LogP) is 2.28. The van der Waals surface area contributed by atoms with E-state index in [2.05, 4.69) is 15.9 Å². The summed E-state index contributed by atoms with van der Waals surface area (Å²) in [6.07, 6.45) is 0.302. The second-order valence-corrected chi connectivity index (χ2v) is 5.21. The van der Waals surface area contributed by atoms with Gasteiger partial charge in [0.1, 0.15) is 0 Å². The van der Waals surface area contributed by atoms with Crippen molar-refractivity contribution in [3.8, 4) is 0 Å². The minimum atomic E-state index is -1.41. The van der Waals surface area contributed by atoms with Crippen molar-refractivity contribution in [3.05, 3.63) is 0 Å². The number of alkyl halides is 1. The van der Waals surface area contributed by atoms with Crippen LogP contribution in [0.1, 0.15) is 33.1 Å². The molecule has 0 rings (SSSR count). The van der Waals surface area contributed by atoms with E-state index < -0.39 is 23.6 Å². The molecule has 0 aromatic carbocycles. The van der Waals surface area contributed by atoms with Crippen molar-refractivity contribution in [2.24, 2.45) is 5.41 Å². The number of rotatable bonds is 11. The van der Waals surface area contributed by atoms with E-state index in [9.17, 15) is 9.59 Å². The monoisotopic (exact) mass is 368 g/mol. The second kappa shape index (κ2) is 11.0. The number of hydrogen-bond acceptors (Lipinski definition) is 6. The topological polar surface area (TPSA) is 71.1 Å². The first-order chi connectivity index (χ1) is 10.0. The molecule has 0 aliphatic heterocycles. The van der Waals surface area contributed by atoms with E-state index >= 15 is 0 Å². The molecule has 0 saturated carbocycles. The Morgan fingerprint density at radius 1 is 1.05 bits per heavy atom. The second-order valence-electron chi connectivity index (χ2n) is 4.42. The lowest BCUT2D eigenvalue weighted by Crippen LogP contribution is -2.45. The molecule has 0 unspecified atom stereocenters. The number of esters is 2. The number of hydrogen-bond donors (Lipinski definition) is 0. The largest absolute Gasteiger partial charge is 0.465 e. The maximum Gasteiger partial charge on any atom is 0.323 e. The molecule has 0 amide bonds. The Morgan fingerprint density at radius 3 is 1.86 bits per heavy atom. The van der Waals surface area contributed by atoms with Crippen molar-refractivity contribution in [1.29, 1.82) is 0 Å². The van der Waals surface area contributed by atoms with E-state index in [0.29, 0.717) is 18.2 Å². The summed E-state index contributed by atoms with van der Waals surface area (Å²) in [6.45, 7) is 3.78. The Morgan fingerprint density at radius 2 is 1.52 bits per heavy atom. The molecule has 0 spiro atoms. The van der Waals surface area contributed by atoms with Gasteiger partial charge < -0.3 is 18.9 Å². The van der Waals surface area contributed by atoms with Gasteiger partial charge in [0.05, 0.1) is 13.2 Å². The highest BCUT2D eigenvalue weighted by Gasteiger charge is 2.50. The molecular formula is C14H25BrO6. The Bertz CT molecular complexity index is 299. The van der Waals surface area contributed by atoms with Gasteiger partial charge in [0.25, 0.3) is 0 Å². The van der Waals surface area contributed by atoms with Gasteiger partial charge in [-0.05, 0) is 26.7 Å². The van der Waals surface area contributed by atoms with Gasteiger partial charge in [-0.25, -0.2) is 0 Å². The maximum atomic E-state index is 12.4. The fourth-order valence-corrected chi connectivity index (χ4v) is 2.29. The Hall–Kier alpha value is -0.660. The third kappa shape index (κ3) is 5.92. The summed E-state index contributed by atoms with van der Waals surface area (Å²) in [6, 6.07) is 0. The van der Waals surface area contributed by atoms with Crippen molar-refractivity contribution in [1.82, 2.24) is 0 Å². The Balaban J connectivity index is 5.46. The van der Waals surface area contributed by atoms with E-state index in [1.165, 1.54) is 14.2 Å². The molecule has 0 radical (unpaired) electrons. The van der Waals surface area contributed by atoms with E-state index in [4.69, 9.17) is 18.9 Å². The third-order valence-electron chi connectivity index (χ3n) is 3.11. The summed E-state index contributed by atoms with van der Waals surface area (Å²) < 4.78 is 20.5. The van der Waals surface area contributed by atoms with E-state index in [-0.39, 0.29) is 19.6 Å². The summed E-state index contributed by atoms with van der Waals surface area (Å²) in [4.78, 5) is 24.8. The van der Waals surface area contributed by atoms with Crippen molar-refractivity contribution in [3.63, 3.8) is 0 Å². The van der Waals surface area contributed by atoms with Crippen LogP contribution in [0.2, 0.25) is 0 Å². The van der Waals surface area contributed by atoms with Gasteiger partial charge in [-0.2, -0.15) is 0 Å². The highest BCUT2D eigenvalue weighted by molar-refractivity contribution is 9.09. The number of halogens is 1. The van der Waals surface area contributed by atoms with Gasteiger partial charge in [-0.15, -0.1) is 0 Å². The molecule has 0 bridgehead atoms. The lowest BCUT2D eigenvalue weighted by atomic mass is 9.79. The van der Waals surface area contributed by atoms with Gasteiger partial charge in [0.15, 0.2) is 11.7 Å². The molecule has 21 heavy (non-hydrogen) atoms. The lowest BCUT2D eigenvalue weighted by molar-refractivity contribution is -0.185. The van der Waals surface area contributed by atoms with Crippen molar-refractivity contribution >= 4 is 27.9 Å². The normalized spacial score (nSPS) is 11.5.